The molecule has 0 saturated carbocycles. The van der Waals surface area contributed by atoms with Crippen molar-refractivity contribution < 1.29 is 9.90 Å². The second kappa shape index (κ2) is 11.7. The number of amidine groups is 2. The number of amides is 1. The van der Waals surface area contributed by atoms with E-state index in [-0.39, 0.29) is 30.1 Å². The molecule has 1 saturated heterocycles. The Morgan fingerprint density at radius 1 is 1.18 bits per heavy atom. The van der Waals surface area contributed by atoms with Crippen LogP contribution >= 0.6 is 22.9 Å². The van der Waals surface area contributed by atoms with Crippen LogP contribution in [0.25, 0.3) is 0 Å². The van der Waals surface area contributed by atoms with Crippen molar-refractivity contribution in [3.63, 3.8) is 0 Å². The van der Waals surface area contributed by atoms with Crippen LogP contribution < -0.4 is 4.90 Å². The summed E-state index contributed by atoms with van der Waals surface area (Å²) in [4.78, 5) is 26.7. The van der Waals surface area contributed by atoms with Gasteiger partial charge in [0.1, 0.15) is 28.4 Å². The number of halogens is 1. The molecule has 1 aromatic carbocycles. The highest BCUT2D eigenvalue weighted by Crippen LogP contribution is 2.40. The Labute approximate surface area is 242 Å². The van der Waals surface area contributed by atoms with E-state index >= 15 is 0 Å². The van der Waals surface area contributed by atoms with Gasteiger partial charge in [-0.3, -0.25) is 25.5 Å². The van der Waals surface area contributed by atoms with Gasteiger partial charge in [-0.25, -0.2) is 4.98 Å². The number of likely N-dealkylation sites (tertiary alicyclic amines) is 1. The van der Waals surface area contributed by atoms with Gasteiger partial charge < -0.3 is 10.0 Å². The number of hydrogen-bond donors (Lipinski definition) is 3. The van der Waals surface area contributed by atoms with Crippen molar-refractivity contribution in [3.05, 3.63) is 80.9 Å². The number of fused-ring (bicyclic) bond motifs is 1. The van der Waals surface area contributed by atoms with Crippen molar-refractivity contribution in [2.45, 2.75) is 45.3 Å². The van der Waals surface area contributed by atoms with Crippen molar-refractivity contribution in [2.24, 2.45) is 4.99 Å². The van der Waals surface area contributed by atoms with E-state index in [1.165, 1.54) is 11.3 Å². The molecule has 2 aromatic heterocycles. The number of nitrogens with one attached hydrogen (secondary N) is 2. The van der Waals surface area contributed by atoms with Crippen LogP contribution in [0.1, 0.15) is 53.4 Å². The molecule has 0 radical (unpaired) electrons. The number of hydrogen-bond acceptors (Lipinski definition) is 7. The van der Waals surface area contributed by atoms with Crippen LogP contribution in [0.2, 0.25) is 5.02 Å². The maximum absolute atomic E-state index is 13.3. The molecular formula is C30H29ClN6O2S. The molecule has 0 spiro atoms. The fourth-order valence-electron chi connectivity index (χ4n) is 4.86. The summed E-state index contributed by atoms with van der Waals surface area (Å²) in [5.41, 5.74) is 3.74. The number of benzene rings is 1. The van der Waals surface area contributed by atoms with Gasteiger partial charge in [-0.15, -0.1) is 11.3 Å². The van der Waals surface area contributed by atoms with Gasteiger partial charge in [0.25, 0.3) is 0 Å². The lowest BCUT2D eigenvalue weighted by molar-refractivity contribution is -0.133. The molecule has 1 atom stereocenters. The third kappa shape index (κ3) is 5.70. The number of piperidine rings is 1. The lowest BCUT2D eigenvalue weighted by Crippen LogP contribution is -2.45. The second-order valence-electron chi connectivity index (χ2n) is 9.82. The number of pyridine rings is 1. The van der Waals surface area contributed by atoms with Crippen LogP contribution in [-0.2, 0) is 4.79 Å². The van der Waals surface area contributed by atoms with Crippen molar-refractivity contribution in [1.82, 2.24) is 9.88 Å². The molecule has 5 rings (SSSR count). The normalized spacial score (nSPS) is 17.4. The average Bonchev–Trinajstić information content (AvgIpc) is 3.19. The topological polar surface area (TPSA) is 117 Å². The summed E-state index contributed by atoms with van der Waals surface area (Å²) in [5, 5.41) is 28.9. The van der Waals surface area contributed by atoms with E-state index in [2.05, 4.69) is 16.8 Å². The third-order valence-corrected chi connectivity index (χ3v) is 8.46. The summed E-state index contributed by atoms with van der Waals surface area (Å²) >= 11 is 7.60. The number of anilines is 1. The molecule has 3 aromatic rings. The summed E-state index contributed by atoms with van der Waals surface area (Å²) < 4.78 is 0. The van der Waals surface area contributed by atoms with E-state index in [4.69, 9.17) is 27.4 Å². The number of rotatable bonds is 3. The second-order valence-corrected chi connectivity index (χ2v) is 11.3. The zero-order chi connectivity index (χ0) is 28.4. The predicted molar refractivity (Wildman–Crippen MR) is 160 cm³/mol. The zero-order valence-corrected chi connectivity index (χ0v) is 23.8. The summed E-state index contributed by atoms with van der Waals surface area (Å²) in [7, 11) is 0. The number of thiophene rings is 1. The van der Waals surface area contributed by atoms with Crippen LogP contribution in [-0.4, -0.2) is 63.5 Å². The van der Waals surface area contributed by atoms with Gasteiger partial charge >= 0.3 is 0 Å². The number of aliphatic imine (C=N–C) groups is 1. The SMILES string of the molecule is CC(=N)N1C(=N)[C@H](CC(=O)N2CCC(O)CC2)N=C(c2ccc(Cl)cc2)c2c1sc(C#Cc1ccccn1)c2C. The highest BCUT2D eigenvalue weighted by Gasteiger charge is 2.36. The average molecular weight is 573 g/mol. The fraction of sp³-hybridized carbons (Fsp3) is 0.300. The fourth-order valence-corrected chi connectivity index (χ4v) is 6.22. The van der Waals surface area contributed by atoms with Crippen molar-refractivity contribution in [2.75, 3.05) is 18.0 Å². The maximum atomic E-state index is 13.3. The molecule has 40 heavy (non-hydrogen) atoms. The molecular weight excluding hydrogens is 544 g/mol. The first-order chi connectivity index (χ1) is 19.2. The van der Waals surface area contributed by atoms with Crippen molar-refractivity contribution >= 4 is 51.2 Å². The molecule has 204 valence electrons. The van der Waals surface area contributed by atoms with E-state index in [1.807, 2.05) is 37.3 Å². The Bertz CT molecular complexity index is 1550. The lowest BCUT2D eigenvalue weighted by Gasteiger charge is -2.31. The van der Waals surface area contributed by atoms with E-state index in [1.54, 1.807) is 35.1 Å². The first-order valence-electron chi connectivity index (χ1n) is 13.0. The maximum Gasteiger partial charge on any atom is 0.225 e. The molecule has 0 aliphatic carbocycles. The van der Waals surface area contributed by atoms with Gasteiger partial charge in [0, 0.05) is 35.4 Å². The van der Waals surface area contributed by atoms with E-state index in [9.17, 15) is 9.90 Å². The molecule has 4 heterocycles. The molecule has 2 aliphatic heterocycles. The minimum Gasteiger partial charge on any atom is -0.393 e. The molecule has 0 bridgehead atoms. The smallest absolute Gasteiger partial charge is 0.225 e. The number of nitrogens with zero attached hydrogens (tertiary/aromatic N) is 4. The Morgan fingerprint density at radius 3 is 2.55 bits per heavy atom. The molecule has 8 nitrogen and oxygen atoms in total. The van der Waals surface area contributed by atoms with Crippen LogP contribution in [0, 0.1) is 29.6 Å². The first kappa shape index (κ1) is 27.7. The van der Waals surface area contributed by atoms with E-state index < -0.39 is 6.04 Å². The largest absolute Gasteiger partial charge is 0.393 e. The van der Waals surface area contributed by atoms with Gasteiger partial charge in [0.05, 0.1) is 23.1 Å². The lowest BCUT2D eigenvalue weighted by atomic mass is 9.99. The number of carbonyl (C=O) groups excluding carboxylic acids is 1. The molecule has 0 unspecified atom stereocenters. The molecule has 10 heteroatoms. The van der Waals surface area contributed by atoms with Gasteiger partial charge in [0.2, 0.25) is 5.91 Å². The van der Waals surface area contributed by atoms with Crippen LogP contribution in [0.15, 0.2) is 53.7 Å². The molecule has 1 fully saturated rings. The Morgan fingerprint density at radius 2 is 1.90 bits per heavy atom. The molecule has 3 N–H and O–H groups in total. The van der Waals surface area contributed by atoms with Gasteiger partial charge in [-0.05, 0) is 68.4 Å². The number of carbonyl (C=O) groups is 1. The molecule has 2 aliphatic rings. The minimum absolute atomic E-state index is 0.00384. The van der Waals surface area contributed by atoms with Gasteiger partial charge in [0.15, 0.2) is 0 Å². The Hall–Kier alpha value is -3.84. The Balaban J connectivity index is 1.62. The standard InChI is InChI=1S/C30H29ClN6O2S/c1-18-25(11-10-22-5-3-4-14-34-22)40-30-27(18)28(20-6-8-21(31)9-7-20)35-24(29(33)37(30)19(2)32)17-26(39)36-15-12-23(38)13-16-36/h3-9,14,23-24,32-33,38H,12-13,15-17H2,1-2H3/t24-/m0/s1. The third-order valence-electron chi connectivity index (χ3n) is 7.02. The summed E-state index contributed by atoms with van der Waals surface area (Å²) in [5.74, 6) is 6.45. The number of aromatic nitrogens is 1. The number of aliphatic hydroxyl groups excluding tert-OH is 1. The quantitative estimate of drug-likeness (QED) is 0.236. The van der Waals surface area contributed by atoms with Crippen molar-refractivity contribution in [1.29, 1.82) is 10.8 Å². The Kier molecular flexibility index (Phi) is 8.12. The van der Waals surface area contributed by atoms with Crippen LogP contribution in [0.5, 0.6) is 0 Å². The van der Waals surface area contributed by atoms with Gasteiger partial charge in [-0.2, -0.15) is 0 Å². The monoisotopic (exact) mass is 572 g/mol. The zero-order valence-electron chi connectivity index (χ0n) is 22.2. The van der Waals surface area contributed by atoms with Crippen molar-refractivity contribution in [3.8, 4) is 11.8 Å². The van der Waals surface area contributed by atoms with E-state index in [0.717, 1.165) is 21.6 Å². The highest BCUT2D eigenvalue weighted by atomic mass is 35.5. The summed E-state index contributed by atoms with van der Waals surface area (Å²) in [6, 6.07) is 12.1. The number of aliphatic hydroxyl groups is 1. The minimum atomic E-state index is -0.799. The van der Waals surface area contributed by atoms with Crippen LogP contribution in [0.3, 0.4) is 0 Å². The predicted octanol–water partition coefficient (Wildman–Crippen LogP) is 4.88. The van der Waals surface area contributed by atoms with E-state index in [0.29, 0.717) is 47.4 Å². The van der Waals surface area contributed by atoms with Gasteiger partial charge in [-0.1, -0.05) is 29.8 Å². The molecule has 1 amide bonds. The highest BCUT2D eigenvalue weighted by molar-refractivity contribution is 7.17. The summed E-state index contributed by atoms with van der Waals surface area (Å²) in [6.07, 6.45) is 2.38. The van der Waals surface area contributed by atoms with Crippen LogP contribution in [0.4, 0.5) is 5.00 Å². The first-order valence-corrected chi connectivity index (χ1v) is 14.2. The summed E-state index contributed by atoms with van der Waals surface area (Å²) in [6.45, 7) is 4.55.